The lowest BCUT2D eigenvalue weighted by Crippen LogP contribution is -2.33. The molecule has 0 aliphatic heterocycles. The third-order valence-corrected chi connectivity index (χ3v) is 2.70. The van der Waals surface area contributed by atoms with Crippen LogP contribution in [0.15, 0.2) is 18.2 Å². The number of aryl methyl sites for hydroxylation is 1. The van der Waals surface area contributed by atoms with E-state index in [0.717, 1.165) is 0 Å². The average molecular weight is 261 g/mol. The summed E-state index contributed by atoms with van der Waals surface area (Å²) in [5, 5.41) is 19.7. The Kier molecular flexibility index (Phi) is 5.01. The molecule has 6 heteroatoms. The Bertz CT molecular complexity index is 534. The summed E-state index contributed by atoms with van der Waals surface area (Å²) in [5.41, 5.74) is 0.387. The lowest BCUT2D eigenvalue weighted by Gasteiger charge is -2.19. The van der Waals surface area contributed by atoms with Gasteiger partial charge in [0.2, 0.25) is 0 Å². The largest absolute Gasteiger partial charge is 0.325 e. The van der Waals surface area contributed by atoms with Gasteiger partial charge in [0.05, 0.1) is 11.0 Å². The number of nitrogens with zero attached hydrogens (tertiary/aromatic N) is 3. The van der Waals surface area contributed by atoms with Crippen LogP contribution in [0.1, 0.15) is 29.3 Å². The van der Waals surface area contributed by atoms with Crippen LogP contribution in [0.3, 0.4) is 0 Å². The first-order valence-corrected chi connectivity index (χ1v) is 5.93. The van der Waals surface area contributed by atoms with E-state index in [0.29, 0.717) is 18.5 Å². The number of nitriles is 1. The van der Waals surface area contributed by atoms with Gasteiger partial charge in [-0.25, -0.2) is 0 Å². The summed E-state index contributed by atoms with van der Waals surface area (Å²) in [6.45, 7) is 3.86. The average Bonchev–Trinajstić information content (AvgIpc) is 2.37. The molecule has 0 saturated carbocycles. The molecule has 1 rings (SSSR count). The maximum atomic E-state index is 12.3. The molecule has 0 radical (unpaired) electrons. The van der Waals surface area contributed by atoms with Gasteiger partial charge in [-0.3, -0.25) is 14.9 Å². The zero-order chi connectivity index (χ0) is 14.4. The standard InChI is InChI=1S/C13H15N3O3/c1-3-8-15(9-7-14)13(17)12-10(2)5-4-6-11(12)16(18)19/h4-6H,3,8-9H2,1-2H3. The summed E-state index contributed by atoms with van der Waals surface area (Å²) < 4.78 is 0. The number of carbonyl (C=O) groups is 1. The van der Waals surface area contributed by atoms with Crippen molar-refractivity contribution in [3.8, 4) is 6.07 Å². The first-order chi connectivity index (χ1) is 9.02. The predicted molar refractivity (Wildman–Crippen MR) is 69.6 cm³/mol. The zero-order valence-corrected chi connectivity index (χ0v) is 10.9. The maximum Gasteiger partial charge on any atom is 0.282 e. The molecule has 0 N–H and O–H groups in total. The van der Waals surface area contributed by atoms with Gasteiger partial charge in [0.15, 0.2) is 0 Å². The summed E-state index contributed by atoms with van der Waals surface area (Å²) in [4.78, 5) is 24.1. The van der Waals surface area contributed by atoms with Gasteiger partial charge >= 0.3 is 0 Å². The molecule has 0 atom stereocenters. The topological polar surface area (TPSA) is 87.2 Å². The van der Waals surface area contributed by atoms with Crippen molar-refractivity contribution in [2.75, 3.05) is 13.1 Å². The molecule has 0 bridgehead atoms. The van der Waals surface area contributed by atoms with Crippen molar-refractivity contribution in [3.63, 3.8) is 0 Å². The fourth-order valence-electron chi connectivity index (χ4n) is 1.85. The van der Waals surface area contributed by atoms with Crippen LogP contribution in [0.2, 0.25) is 0 Å². The Balaban J connectivity index is 3.24. The maximum absolute atomic E-state index is 12.3. The highest BCUT2D eigenvalue weighted by atomic mass is 16.6. The van der Waals surface area contributed by atoms with Crippen LogP contribution in [0, 0.1) is 28.4 Å². The van der Waals surface area contributed by atoms with Gasteiger partial charge in [-0.15, -0.1) is 0 Å². The van der Waals surface area contributed by atoms with Crippen molar-refractivity contribution in [3.05, 3.63) is 39.4 Å². The van der Waals surface area contributed by atoms with Crippen molar-refractivity contribution in [2.45, 2.75) is 20.3 Å². The quantitative estimate of drug-likeness (QED) is 0.462. The van der Waals surface area contributed by atoms with Crippen LogP contribution in [-0.4, -0.2) is 28.8 Å². The predicted octanol–water partition coefficient (Wildman–Crippen LogP) is 2.28. The zero-order valence-electron chi connectivity index (χ0n) is 10.9. The van der Waals surface area contributed by atoms with Crippen molar-refractivity contribution in [1.29, 1.82) is 5.26 Å². The van der Waals surface area contributed by atoms with Crippen molar-refractivity contribution in [1.82, 2.24) is 4.90 Å². The first kappa shape index (κ1) is 14.6. The van der Waals surface area contributed by atoms with Crippen molar-refractivity contribution in [2.24, 2.45) is 0 Å². The van der Waals surface area contributed by atoms with Gasteiger partial charge in [0, 0.05) is 12.6 Å². The van der Waals surface area contributed by atoms with E-state index in [1.165, 1.54) is 11.0 Å². The summed E-state index contributed by atoms with van der Waals surface area (Å²) in [6, 6.07) is 6.40. The van der Waals surface area contributed by atoms with Crippen molar-refractivity contribution >= 4 is 11.6 Å². The molecular weight excluding hydrogens is 246 g/mol. The molecular formula is C13H15N3O3. The summed E-state index contributed by atoms with van der Waals surface area (Å²) in [5.74, 6) is -0.465. The molecule has 1 aromatic rings. The van der Waals surface area contributed by atoms with E-state index in [1.54, 1.807) is 19.1 Å². The van der Waals surface area contributed by atoms with Crippen LogP contribution in [0.5, 0.6) is 0 Å². The fourth-order valence-corrected chi connectivity index (χ4v) is 1.85. The second kappa shape index (κ2) is 6.50. The monoisotopic (exact) mass is 261 g/mol. The fraction of sp³-hybridized carbons (Fsp3) is 0.385. The van der Waals surface area contributed by atoms with Crippen LogP contribution < -0.4 is 0 Å². The van der Waals surface area contributed by atoms with Crippen LogP contribution >= 0.6 is 0 Å². The minimum absolute atomic E-state index is 0.0659. The lowest BCUT2D eigenvalue weighted by molar-refractivity contribution is -0.385. The molecule has 0 unspecified atom stereocenters. The number of hydrogen-bond donors (Lipinski definition) is 0. The molecule has 0 heterocycles. The van der Waals surface area contributed by atoms with E-state index in [4.69, 9.17) is 5.26 Å². The number of benzene rings is 1. The number of amides is 1. The first-order valence-electron chi connectivity index (χ1n) is 5.93. The van der Waals surface area contributed by atoms with Crippen molar-refractivity contribution < 1.29 is 9.72 Å². The Morgan fingerprint density at radius 3 is 2.74 bits per heavy atom. The molecule has 0 saturated heterocycles. The summed E-state index contributed by atoms with van der Waals surface area (Å²) >= 11 is 0. The highest BCUT2D eigenvalue weighted by molar-refractivity contribution is 5.99. The Hall–Kier alpha value is -2.42. The van der Waals surface area contributed by atoms with E-state index in [1.807, 2.05) is 13.0 Å². The third-order valence-electron chi connectivity index (χ3n) is 2.70. The van der Waals surface area contributed by atoms with Crippen LogP contribution in [0.25, 0.3) is 0 Å². The van der Waals surface area contributed by atoms with Gasteiger partial charge in [0.25, 0.3) is 11.6 Å². The third kappa shape index (κ3) is 3.28. The molecule has 19 heavy (non-hydrogen) atoms. The van der Waals surface area contributed by atoms with E-state index in [-0.39, 0.29) is 17.8 Å². The highest BCUT2D eigenvalue weighted by Gasteiger charge is 2.25. The normalized spacial score (nSPS) is 9.74. The molecule has 1 amide bonds. The highest BCUT2D eigenvalue weighted by Crippen LogP contribution is 2.23. The molecule has 0 spiro atoms. The Labute approximate surface area is 111 Å². The van der Waals surface area contributed by atoms with E-state index in [2.05, 4.69) is 0 Å². The van der Waals surface area contributed by atoms with Gasteiger partial charge in [-0.1, -0.05) is 19.1 Å². The van der Waals surface area contributed by atoms with Crippen LogP contribution in [0.4, 0.5) is 5.69 Å². The lowest BCUT2D eigenvalue weighted by atomic mass is 10.1. The van der Waals surface area contributed by atoms with E-state index in [9.17, 15) is 14.9 Å². The molecule has 0 aromatic heterocycles. The van der Waals surface area contributed by atoms with Crippen LogP contribution in [-0.2, 0) is 0 Å². The van der Waals surface area contributed by atoms with Gasteiger partial charge in [-0.2, -0.15) is 5.26 Å². The van der Waals surface area contributed by atoms with Gasteiger partial charge in [0.1, 0.15) is 12.1 Å². The molecule has 0 aliphatic rings. The SMILES string of the molecule is CCCN(CC#N)C(=O)c1c(C)cccc1[N+](=O)[O-]. The molecule has 1 aromatic carbocycles. The number of nitro groups is 1. The molecule has 0 fully saturated rings. The summed E-state index contributed by atoms with van der Waals surface area (Å²) in [6.07, 6.45) is 0.688. The van der Waals surface area contributed by atoms with Gasteiger partial charge < -0.3 is 4.90 Å². The summed E-state index contributed by atoms with van der Waals surface area (Å²) in [7, 11) is 0. The number of nitro benzene ring substituents is 1. The van der Waals surface area contributed by atoms with Gasteiger partial charge in [-0.05, 0) is 18.9 Å². The number of hydrogen-bond acceptors (Lipinski definition) is 4. The molecule has 6 nitrogen and oxygen atoms in total. The second-order valence-corrected chi connectivity index (χ2v) is 4.11. The Morgan fingerprint density at radius 1 is 1.53 bits per heavy atom. The second-order valence-electron chi connectivity index (χ2n) is 4.11. The number of carbonyl (C=O) groups excluding carboxylic acids is 1. The minimum atomic E-state index is -0.573. The minimum Gasteiger partial charge on any atom is -0.325 e. The Morgan fingerprint density at radius 2 is 2.21 bits per heavy atom. The number of rotatable bonds is 5. The molecule has 0 aliphatic carbocycles. The molecule has 100 valence electrons. The van der Waals surface area contributed by atoms with E-state index >= 15 is 0 Å². The van der Waals surface area contributed by atoms with E-state index < -0.39 is 10.8 Å². The smallest absolute Gasteiger partial charge is 0.282 e.